The molecule has 1 atom stereocenters. The maximum atomic E-state index is 12.0. The van der Waals surface area contributed by atoms with Crippen LogP contribution >= 0.6 is 0 Å². The SMILES string of the molecule is CC(=O)N1CCC[C@H]1c1nc2ccccc2n1Cc1ccccc1. The average Bonchev–Trinajstić information content (AvgIpc) is 3.21. The van der Waals surface area contributed by atoms with Crippen molar-refractivity contribution in [3.8, 4) is 0 Å². The number of carbonyl (C=O) groups excluding carboxylic acids is 1. The number of benzene rings is 2. The zero-order valence-electron chi connectivity index (χ0n) is 13.9. The molecule has 0 N–H and O–H groups in total. The molecule has 1 aliphatic heterocycles. The summed E-state index contributed by atoms with van der Waals surface area (Å²) >= 11 is 0. The topological polar surface area (TPSA) is 38.1 Å². The predicted molar refractivity (Wildman–Crippen MR) is 94.6 cm³/mol. The van der Waals surface area contributed by atoms with Gasteiger partial charge in [0, 0.05) is 20.0 Å². The van der Waals surface area contributed by atoms with Crippen LogP contribution in [-0.2, 0) is 11.3 Å². The van der Waals surface area contributed by atoms with Crippen molar-refractivity contribution in [1.82, 2.24) is 14.5 Å². The smallest absolute Gasteiger partial charge is 0.220 e. The van der Waals surface area contributed by atoms with E-state index in [1.807, 2.05) is 29.2 Å². The van der Waals surface area contributed by atoms with Gasteiger partial charge in [0.2, 0.25) is 5.91 Å². The molecule has 0 aliphatic carbocycles. The fraction of sp³-hybridized carbons (Fsp3) is 0.300. The van der Waals surface area contributed by atoms with Crippen molar-refractivity contribution in [1.29, 1.82) is 0 Å². The molecule has 2 aromatic carbocycles. The van der Waals surface area contributed by atoms with E-state index >= 15 is 0 Å². The first-order valence-corrected chi connectivity index (χ1v) is 8.50. The van der Waals surface area contributed by atoms with Gasteiger partial charge < -0.3 is 9.47 Å². The van der Waals surface area contributed by atoms with Crippen LogP contribution < -0.4 is 0 Å². The van der Waals surface area contributed by atoms with Crippen molar-refractivity contribution in [2.45, 2.75) is 32.4 Å². The molecule has 0 bridgehead atoms. The molecule has 4 heteroatoms. The second-order valence-electron chi connectivity index (χ2n) is 6.40. The lowest BCUT2D eigenvalue weighted by Crippen LogP contribution is -2.30. The summed E-state index contributed by atoms with van der Waals surface area (Å²) in [4.78, 5) is 18.9. The minimum Gasteiger partial charge on any atom is -0.333 e. The molecule has 1 amide bonds. The van der Waals surface area contributed by atoms with Gasteiger partial charge in [-0.15, -0.1) is 0 Å². The summed E-state index contributed by atoms with van der Waals surface area (Å²) in [7, 11) is 0. The molecule has 24 heavy (non-hydrogen) atoms. The van der Waals surface area contributed by atoms with E-state index in [1.165, 1.54) is 5.56 Å². The van der Waals surface area contributed by atoms with Gasteiger partial charge in [-0.2, -0.15) is 0 Å². The largest absolute Gasteiger partial charge is 0.333 e. The van der Waals surface area contributed by atoms with E-state index in [0.29, 0.717) is 0 Å². The lowest BCUT2D eigenvalue weighted by molar-refractivity contribution is -0.129. The number of hydrogen-bond donors (Lipinski definition) is 0. The van der Waals surface area contributed by atoms with Gasteiger partial charge >= 0.3 is 0 Å². The Morgan fingerprint density at radius 2 is 1.88 bits per heavy atom. The Kier molecular flexibility index (Phi) is 3.81. The molecule has 4 rings (SSSR count). The quantitative estimate of drug-likeness (QED) is 0.737. The molecule has 4 nitrogen and oxygen atoms in total. The molecule has 0 unspecified atom stereocenters. The van der Waals surface area contributed by atoms with Gasteiger partial charge in [-0.1, -0.05) is 42.5 Å². The molecule has 1 aliphatic rings. The summed E-state index contributed by atoms with van der Waals surface area (Å²) in [5.41, 5.74) is 3.37. The fourth-order valence-corrected chi connectivity index (χ4v) is 3.69. The van der Waals surface area contributed by atoms with E-state index in [-0.39, 0.29) is 11.9 Å². The molecule has 1 fully saturated rings. The van der Waals surface area contributed by atoms with Crippen molar-refractivity contribution in [3.05, 3.63) is 66.0 Å². The number of carbonyl (C=O) groups is 1. The van der Waals surface area contributed by atoms with Crippen LogP contribution in [0.25, 0.3) is 11.0 Å². The van der Waals surface area contributed by atoms with Gasteiger partial charge in [-0.25, -0.2) is 4.98 Å². The third-order valence-corrected chi connectivity index (χ3v) is 4.82. The van der Waals surface area contributed by atoms with Crippen LogP contribution in [0.1, 0.15) is 37.2 Å². The Labute approximate surface area is 141 Å². The van der Waals surface area contributed by atoms with E-state index in [4.69, 9.17) is 4.98 Å². The number of fused-ring (bicyclic) bond motifs is 1. The highest BCUT2D eigenvalue weighted by molar-refractivity contribution is 5.77. The first-order valence-electron chi connectivity index (χ1n) is 8.50. The van der Waals surface area contributed by atoms with Gasteiger partial charge in [-0.3, -0.25) is 4.79 Å². The van der Waals surface area contributed by atoms with E-state index in [2.05, 4.69) is 34.9 Å². The van der Waals surface area contributed by atoms with Crippen LogP contribution in [0.2, 0.25) is 0 Å². The fourth-order valence-electron chi connectivity index (χ4n) is 3.69. The standard InChI is InChI=1S/C20H21N3O/c1-15(24)22-13-7-12-19(22)20-21-17-10-5-6-11-18(17)23(20)14-16-8-3-2-4-9-16/h2-6,8-11,19H,7,12-14H2,1H3/t19-/m0/s1. The highest BCUT2D eigenvalue weighted by Gasteiger charge is 2.32. The molecule has 0 radical (unpaired) electrons. The number of amides is 1. The van der Waals surface area contributed by atoms with Crippen LogP contribution in [0.4, 0.5) is 0 Å². The zero-order valence-corrected chi connectivity index (χ0v) is 13.9. The number of nitrogens with zero attached hydrogens (tertiary/aromatic N) is 3. The number of likely N-dealkylation sites (tertiary alicyclic amines) is 1. The van der Waals surface area contributed by atoms with Crippen molar-refractivity contribution in [2.24, 2.45) is 0 Å². The zero-order chi connectivity index (χ0) is 16.5. The monoisotopic (exact) mass is 319 g/mol. The van der Waals surface area contributed by atoms with E-state index in [1.54, 1.807) is 6.92 Å². The van der Waals surface area contributed by atoms with Crippen molar-refractivity contribution < 1.29 is 4.79 Å². The van der Waals surface area contributed by atoms with Gasteiger partial charge in [-0.05, 0) is 30.5 Å². The number of imidazole rings is 1. The number of aromatic nitrogens is 2. The summed E-state index contributed by atoms with van der Waals surface area (Å²) in [5, 5.41) is 0. The van der Waals surface area contributed by atoms with Crippen LogP contribution in [0.15, 0.2) is 54.6 Å². The maximum Gasteiger partial charge on any atom is 0.220 e. The van der Waals surface area contributed by atoms with Crippen LogP contribution in [0, 0.1) is 0 Å². The Hall–Kier alpha value is -2.62. The minimum atomic E-state index is 0.0820. The Morgan fingerprint density at radius 3 is 2.67 bits per heavy atom. The maximum absolute atomic E-state index is 12.0. The lowest BCUT2D eigenvalue weighted by atomic mass is 10.2. The lowest BCUT2D eigenvalue weighted by Gasteiger charge is -2.24. The summed E-state index contributed by atoms with van der Waals surface area (Å²) < 4.78 is 2.27. The van der Waals surface area contributed by atoms with Crippen LogP contribution in [0.3, 0.4) is 0 Å². The van der Waals surface area contributed by atoms with Crippen LogP contribution in [-0.4, -0.2) is 26.9 Å². The first-order chi connectivity index (χ1) is 11.7. The van der Waals surface area contributed by atoms with Gasteiger partial charge in [0.25, 0.3) is 0 Å². The molecule has 3 aromatic rings. The molecule has 0 spiro atoms. The van der Waals surface area contributed by atoms with Gasteiger partial charge in [0.1, 0.15) is 5.82 Å². The second kappa shape index (κ2) is 6.11. The van der Waals surface area contributed by atoms with Crippen molar-refractivity contribution in [3.63, 3.8) is 0 Å². The number of para-hydroxylation sites is 2. The Bertz CT molecular complexity index is 869. The first kappa shape index (κ1) is 14.9. The van der Waals surface area contributed by atoms with E-state index in [0.717, 1.165) is 42.8 Å². The Morgan fingerprint density at radius 1 is 1.12 bits per heavy atom. The molecule has 2 heterocycles. The summed E-state index contributed by atoms with van der Waals surface area (Å²) in [5.74, 6) is 1.14. The highest BCUT2D eigenvalue weighted by Crippen LogP contribution is 2.33. The average molecular weight is 319 g/mol. The second-order valence-corrected chi connectivity index (χ2v) is 6.40. The van der Waals surface area contributed by atoms with Crippen LogP contribution in [0.5, 0.6) is 0 Å². The molecule has 0 saturated carbocycles. The minimum absolute atomic E-state index is 0.0820. The predicted octanol–water partition coefficient (Wildman–Crippen LogP) is 3.77. The summed E-state index contributed by atoms with van der Waals surface area (Å²) in [6.45, 7) is 3.26. The van der Waals surface area contributed by atoms with Crippen molar-refractivity contribution in [2.75, 3.05) is 6.54 Å². The third kappa shape index (κ3) is 2.58. The highest BCUT2D eigenvalue weighted by atomic mass is 16.2. The summed E-state index contributed by atoms with van der Waals surface area (Å²) in [6, 6.07) is 18.7. The molecular formula is C20H21N3O. The molecule has 1 saturated heterocycles. The third-order valence-electron chi connectivity index (χ3n) is 4.82. The molecular weight excluding hydrogens is 298 g/mol. The van der Waals surface area contributed by atoms with E-state index < -0.39 is 0 Å². The van der Waals surface area contributed by atoms with Crippen molar-refractivity contribution >= 4 is 16.9 Å². The Balaban J connectivity index is 1.82. The number of hydrogen-bond acceptors (Lipinski definition) is 2. The van der Waals surface area contributed by atoms with E-state index in [9.17, 15) is 4.79 Å². The van der Waals surface area contributed by atoms with Gasteiger partial charge in [0.05, 0.1) is 17.1 Å². The molecule has 122 valence electrons. The normalized spacial score (nSPS) is 17.5. The molecule has 1 aromatic heterocycles. The number of rotatable bonds is 3. The van der Waals surface area contributed by atoms with Gasteiger partial charge in [0.15, 0.2) is 0 Å². The summed E-state index contributed by atoms with van der Waals surface area (Å²) in [6.07, 6.45) is 2.02.